The fourth-order valence-electron chi connectivity index (χ4n) is 0.370. The van der Waals surface area contributed by atoms with E-state index in [0.717, 1.165) is 0 Å². The lowest BCUT2D eigenvalue weighted by Gasteiger charge is -2.17. The summed E-state index contributed by atoms with van der Waals surface area (Å²) in [4.78, 5) is 0. The molecule has 0 saturated carbocycles. The van der Waals surface area contributed by atoms with Gasteiger partial charge in [0.2, 0.25) is 0 Å². The van der Waals surface area contributed by atoms with Crippen molar-refractivity contribution >= 4 is 13.0 Å². The van der Waals surface area contributed by atoms with Crippen molar-refractivity contribution < 1.29 is 0 Å². The topological polar surface area (TPSA) is 24.1 Å². The van der Waals surface area contributed by atoms with Crippen molar-refractivity contribution in [3.05, 3.63) is 0 Å². The molecule has 0 aliphatic rings. The van der Waals surface area contributed by atoms with Crippen LogP contribution >= 0.6 is 7.19 Å². The maximum absolute atomic E-state index is 3.22. The molecule has 0 amide bonds. The zero-order valence-corrected chi connectivity index (χ0v) is 6.92. The van der Waals surface area contributed by atoms with Crippen LogP contribution in [0.1, 0.15) is 6.92 Å². The SMILES string of the molecule is CC=P(C)(NC)NC. The number of hydrogen-bond acceptors (Lipinski definition) is 2. The minimum absolute atomic E-state index is 1.04. The van der Waals surface area contributed by atoms with Crippen LogP contribution in [0.3, 0.4) is 0 Å². The Balaban J connectivity index is 4.00. The van der Waals surface area contributed by atoms with Crippen molar-refractivity contribution in [1.82, 2.24) is 10.2 Å². The van der Waals surface area contributed by atoms with Crippen molar-refractivity contribution in [3.63, 3.8) is 0 Å². The van der Waals surface area contributed by atoms with E-state index in [1.807, 2.05) is 14.1 Å². The maximum Gasteiger partial charge on any atom is 0.00245 e. The van der Waals surface area contributed by atoms with Gasteiger partial charge >= 0.3 is 0 Å². The maximum atomic E-state index is 3.22. The van der Waals surface area contributed by atoms with Gasteiger partial charge in [0.05, 0.1) is 0 Å². The normalized spacial score (nSPS) is 11.5. The summed E-state index contributed by atoms with van der Waals surface area (Å²) in [6.07, 6.45) is 0. The van der Waals surface area contributed by atoms with Crippen LogP contribution in [0.4, 0.5) is 0 Å². The third-order valence-electron chi connectivity index (χ3n) is 1.45. The standard InChI is InChI=1S/C5H15N2P/c1-5-8(4,6-2)7-3/h5-7H,1-4H3. The molecule has 0 radical (unpaired) electrons. The van der Waals surface area contributed by atoms with E-state index < -0.39 is 7.19 Å². The van der Waals surface area contributed by atoms with Gasteiger partial charge in [-0.15, -0.1) is 0 Å². The Morgan fingerprint density at radius 3 is 1.62 bits per heavy atom. The molecule has 0 spiro atoms. The predicted octanol–water partition coefficient (Wildman–Crippen LogP) is 0.725. The minimum atomic E-state index is -1.04. The van der Waals surface area contributed by atoms with Crippen LogP contribution in [0.15, 0.2) is 0 Å². The van der Waals surface area contributed by atoms with Crippen LogP contribution in [0.25, 0.3) is 0 Å². The molecule has 2 nitrogen and oxygen atoms in total. The van der Waals surface area contributed by atoms with E-state index in [-0.39, 0.29) is 0 Å². The van der Waals surface area contributed by atoms with Gasteiger partial charge in [0.15, 0.2) is 0 Å². The molecule has 0 bridgehead atoms. The molecule has 0 atom stereocenters. The molecular formula is C5H15N2P. The minimum Gasteiger partial charge on any atom is -0.289 e. The highest BCUT2D eigenvalue weighted by molar-refractivity contribution is 7.70. The number of nitrogens with one attached hydrogen (secondary N) is 2. The highest BCUT2D eigenvalue weighted by atomic mass is 31.2. The van der Waals surface area contributed by atoms with E-state index in [2.05, 4.69) is 29.6 Å². The van der Waals surface area contributed by atoms with Crippen LogP contribution in [-0.4, -0.2) is 26.6 Å². The highest BCUT2D eigenvalue weighted by Crippen LogP contribution is 2.28. The molecule has 2 N–H and O–H groups in total. The molecule has 0 aliphatic carbocycles. The van der Waals surface area contributed by atoms with Gasteiger partial charge < -0.3 is 0 Å². The second-order valence-corrected chi connectivity index (χ2v) is 5.34. The van der Waals surface area contributed by atoms with Crippen LogP contribution < -0.4 is 10.2 Å². The first-order valence-electron chi connectivity index (χ1n) is 2.73. The molecule has 0 unspecified atom stereocenters. The Morgan fingerprint density at radius 2 is 1.62 bits per heavy atom. The van der Waals surface area contributed by atoms with Gasteiger partial charge in [-0.05, 0) is 27.7 Å². The molecule has 3 heteroatoms. The third kappa shape index (κ3) is 1.99. The molecular weight excluding hydrogens is 119 g/mol. The van der Waals surface area contributed by atoms with Crippen LogP contribution in [-0.2, 0) is 0 Å². The molecule has 0 aromatic rings. The summed E-state index contributed by atoms with van der Waals surface area (Å²) >= 11 is 0. The molecule has 0 saturated heterocycles. The van der Waals surface area contributed by atoms with Crippen molar-refractivity contribution in [3.8, 4) is 0 Å². The largest absolute Gasteiger partial charge is 0.289 e. The molecule has 0 rings (SSSR count). The summed E-state index contributed by atoms with van der Waals surface area (Å²) in [5, 5.41) is 6.44. The van der Waals surface area contributed by atoms with Crippen molar-refractivity contribution in [2.75, 3.05) is 20.8 Å². The average Bonchev–Trinajstić information content (AvgIpc) is 1.87. The summed E-state index contributed by atoms with van der Waals surface area (Å²) < 4.78 is 0. The van der Waals surface area contributed by atoms with E-state index in [1.54, 1.807) is 0 Å². The third-order valence-corrected chi connectivity index (χ3v) is 4.34. The summed E-state index contributed by atoms with van der Waals surface area (Å²) in [6, 6.07) is 0. The van der Waals surface area contributed by atoms with E-state index in [4.69, 9.17) is 0 Å². The summed E-state index contributed by atoms with van der Waals surface area (Å²) in [5.41, 5.74) is 0. The molecule has 50 valence electrons. The predicted molar refractivity (Wildman–Crippen MR) is 42.7 cm³/mol. The van der Waals surface area contributed by atoms with Crippen molar-refractivity contribution in [2.24, 2.45) is 0 Å². The number of hydrogen-bond donors (Lipinski definition) is 2. The first kappa shape index (κ1) is 8.22. The van der Waals surface area contributed by atoms with Crippen LogP contribution in [0, 0.1) is 0 Å². The van der Waals surface area contributed by atoms with E-state index >= 15 is 0 Å². The lowest BCUT2D eigenvalue weighted by molar-refractivity contribution is 1.15. The summed E-state index contributed by atoms with van der Waals surface area (Å²) in [5.74, 6) is 2.19. The van der Waals surface area contributed by atoms with Crippen LogP contribution in [0.5, 0.6) is 0 Å². The Morgan fingerprint density at radius 1 is 1.25 bits per heavy atom. The Kier molecular flexibility index (Phi) is 3.38. The lowest BCUT2D eigenvalue weighted by atomic mass is 11.0. The van der Waals surface area contributed by atoms with E-state index in [9.17, 15) is 0 Å². The molecule has 0 aliphatic heterocycles. The van der Waals surface area contributed by atoms with Crippen LogP contribution in [0.2, 0.25) is 0 Å². The summed E-state index contributed by atoms with van der Waals surface area (Å²) in [6.45, 7) is 4.26. The van der Waals surface area contributed by atoms with Gasteiger partial charge in [0, 0.05) is 7.19 Å². The summed E-state index contributed by atoms with van der Waals surface area (Å²) in [7, 11) is 2.92. The average molecular weight is 134 g/mol. The second kappa shape index (κ2) is 3.29. The zero-order valence-electron chi connectivity index (χ0n) is 6.02. The van der Waals surface area contributed by atoms with Crippen molar-refractivity contribution in [1.29, 1.82) is 0 Å². The van der Waals surface area contributed by atoms with Gasteiger partial charge in [-0.1, -0.05) is 5.80 Å². The first-order valence-corrected chi connectivity index (χ1v) is 5.04. The molecule has 0 heterocycles. The Labute approximate surface area is 51.8 Å². The fourth-order valence-corrected chi connectivity index (χ4v) is 1.11. The second-order valence-electron chi connectivity index (χ2n) is 1.78. The van der Waals surface area contributed by atoms with E-state index in [1.165, 1.54) is 0 Å². The van der Waals surface area contributed by atoms with Crippen molar-refractivity contribution in [2.45, 2.75) is 6.92 Å². The number of rotatable bonds is 2. The quantitative estimate of drug-likeness (QED) is 0.544. The van der Waals surface area contributed by atoms with Gasteiger partial charge in [0.1, 0.15) is 0 Å². The molecule has 0 aromatic carbocycles. The molecule has 8 heavy (non-hydrogen) atoms. The lowest BCUT2D eigenvalue weighted by Crippen LogP contribution is -2.15. The Hall–Kier alpha value is 0.220. The highest BCUT2D eigenvalue weighted by Gasteiger charge is 1.97. The van der Waals surface area contributed by atoms with Gasteiger partial charge in [-0.25, -0.2) is 0 Å². The Bertz CT molecular complexity index is 101. The molecule has 0 aromatic heterocycles. The van der Waals surface area contributed by atoms with E-state index in [0.29, 0.717) is 0 Å². The molecule has 0 fully saturated rings. The first-order chi connectivity index (χ1) is 3.68. The smallest absolute Gasteiger partial charge is 0.00245 e. The fraction of sp³-hybridized carbons (Fsp3) is 0.800. The monoisotopic (exact) mass is 134 g/mol. The van der Waals surface area contributed by atoms with Gasteiger partial charge in [-0.3, -0.25) is 10.2 Å². The van der Waals surface area contributed by atoms with Gasteiger partial charge in [-0.2, -0.15) is 0 Å². The van der Waals surface area contributed by atoms with Gasteiger partial charge in [0.25, 0.3) is 0 Å². The zero-order chi connectivity index (χ0) is 6.62.